The largest absolute Gasteiger partial charge is 0.457 e. The van der Waals surface area contributed by atoms with E-state index in [0.717, 1.165) is 89.8 Å². The Kier molecular flexibility index (Phi) is 8.77. The van der Waals surface area contributed by atoms with Crippen LogP contribution in [0.3, 0.4) is 0 Å². The van der Waals surface area contributed by atoms with E-state index in [9.17, 15) is 0 Å². The number of anilines is 6. The number of hydrogen-bond donors (Lipinski definition) is 0. The van der Waals surface area contributed by atoms with Crippen LogP contribution in [-0.2, 0) is 5.41 Å². The quantitative estimate of drug-likeness (QED) is 0.159. The lowest BCUT2D eigenvalue weighted by molar-refractivity contribution is 0.436. The minimum atomic E-state index is -0.561. The van der Waals surface area contributed by atoms with Gasteiger partial charge >= 0.3 is 0 Å². The van der Waals surface area contributed by atoms with Gasteiger partial charge in [0.05, 0.1) is 5.41 Å². The molecule has 11 aromatic carbocycles. The molecule has 0 bridgehead atoms. The number of hydrogen-bond acceptors (Lipinski definition) is 4. The molecule has 0 amide bonds. The van der Waals surface area contributed by atoms with Crippen LogP contribution in [0, 0.1) is 0 Å². The fraction of sp³-hybridized carbons (Fsp3) is 0.0154. The van der Waals surface area contributed by atoms with Gasteiger partial charge in [0.2, 0.25) is 0 Å². The predicted octanol–water partition coefficient (Wildman–Crippen LogP) is 17.8. The smallest absolute Gasteiger partial charge is 0.136 e. The molecule has 1 spiro atoms. The molecule has 1 aromatic heterocycles. The lowest BCUT2D eigenvalue weighted by Gasteiger charge is -2.40. The van der Waals surface area contributed by atoms with Crippen molar-refractivity contribution in [2.45, 2.75) is 5.41 Å². The van der Waals surface area contributed by atoms with Gasteiger partial charge in [0, 0.05) is 62.1 Å². The Labute approximate surface area is 400 Å². The predicted molar refractivity (Wildman–Crippen MR) is 283 cm³/mol. The maximum absolute atomic E-state index is 7.07. The highest BCUT2D eigenvalue weighted by Gasteiger charge is 2.51. The van der Waals surface area contributed by atoms with E-state index in [-0.39, 0.29) is 0 Å². The zero-order chi connectivity index (χ0) is 45.5. The zero-order valence-corrected chi connectivity index (χ0v) is 37.5. The molecule has 0 N–H and O–H groups in total. The van der Waals surface area contributed by atoms with E-state index in [1.54, 1.807) is 0 Å². The van der Waals surface area contributed by atoms with Crippen molar-refractivity contribution in [2.75, 3.05) is 9.80 Å². The summed E-state index contributed by atoms with van der Waals surface area (Å²) >= 11 is 0. The number of ether oxygens (including phenoxy) is 1. The van der Waals surface area contributed by atoms with E-state index >= 15 is 0 Å². The van der Waals surface area contributed by atoms with E-state index in [1.807, 2.05) is 0 Å². The molecule has 12 aromatic rings. The normalized spacial score (nSPS) is 12.9. The third-order valence-corrected chi connectivity index (χ3v) is 14.2. The second-order valence-electron chi connectivity index (χ2n) is 18.0. The average Bonchev–Trinajstić information content (AvgIpc) is 3.91. The summed E-state index contributed by atoms with van der Waals surface area (Å²) in [7, 11) is 0. The highest BCUT2D eigenvalue weighted by molar-refractivity contribution is 6.10. The molecule has 0 unspecified atom stereocenters. The molecular weight excluding hydrogens is 841 g/mol. The van der Waals surface area contributed by atoms with Crippen LogP contribution < -0.4 is 14.5 Å². The number of nitrogens with zero attached hydrogens (tertiary/aromatic N) is 2. The first kappa shape index (κ1) is 39.1. The standard InChI is InChI=1S/C65H42N2O2/c1-3-20-47(21-4-1)66(48-22-5-2-6-23-48)50-25-16-26-51(41-50)67(49-24-15-19-43(37-49)46-33-35-55-56-38-44-17-7-8-18-45(44)39-63(56)69-62(55)40-46)52-34-36-60-64(42-52)68-61-32-14-13-31-59(61)65(60)57-29-11-9-27-53(57)54-28-10-12-30-58(54)65/h1-42H. The van der Waals surface area contributed by atoms with Gasteiger partial charge in [-0.15, -0.1) is 0 Å². The molecule has 1 aliphatic heterocycles. The Bertz CT molecular complexity index is 3880. The van der Waals surface area contributed by atoms with Crippen molar-refractivity contribution in [1.29, 1.82) is 0 Å². The van der Waals surface area contributed by atoms with E-state index in [0.29, 0.717) is 0 Å². The summed E-state index contributed by atoms with van der Waals surface area (Å²) in [5, 5.41) is 4.60. The molecule has 1 aliphatic carbocycles. The average molecular weight is 883 g/mol. The number of benzene rings is 11. The van der Waals surface area contributed by atoms with E-state index in [4.69, 9.17) is 9.15 Å². The number of para-hydroxylation sites is 3. The Morgan fingerprint density at radius 1 is 0.290 bits per heavy atom. The van der Waals surface area contributed by atoms with Crippen LogP contribution in [0.1, 0.15) is 22.3 Å². The van der Waals surface area contributed by atoms with Gasteiger partial charge in [0.15, 0.2) is 0 Å². The molecule has 0 radical (unpaired) electrons. The van der Waals surface area contributed by atoms with Crippen molar-refractivity contribution in [3.8, 4) is 33.8 Å². The zero-order valence-electron chi connectivity index (χ0n) is 37.5. The second kappa shape index (κ2) is 15.5. The topological polar surface area (TPSA) is 28.9 Å². The fourth-order valence-corrected chi connectivity index (χ4v) is 11.3. The lowest BCUT2D eigenvalue weighted by Crippen LogP contribution is -2.32. The summed E-state index contributed by atoms with van der Waals surface area (Å²) < 4.78 is 13.7. The molecular formula is C65H42N2O2. The summed E-state index contributed by atoms with van der Waals surface area (Å²) in [4.78, 5) is 4.68. The summed E-state index contributed by atoms with van der Waals surface area (Å²) in [5.74, 6) is 1.69. The van der Waals surface area contributed by atoms with Crippen LogP contribution in [-0.4, -0.2) is 0 Å². The third-order valence-electron chi connectivity index (χ3n) is 14.2. The van der Waals surface area contributed by atoms with Crippen molar-refractivity contribution in [3.05, 3.63) is 277 Å². The highest BCUT2D eigenvalue weighted by Crippen LogP contribution is 2.62. The molecule has 0 fully saturated rings. The molecule has 324 valence electrons. The first-order chi connectivity index (χ1) is 34.2. The Morgan fingerprint density at radius 2 is 0.797 bits per heavy atom. The Morgan fingerprint density at radius 3 is 1.51 bits per heavy atom. The molecule has 69 heavy (non-hydrogen) atoms. The highest BCUT2D eigenvalue weighted by atomic mass is 16.5. The van der Waals surface area contributed by atoms with Crippen molar-refractivity contribution >= 4 is 66.8 Å². The molecule has 0 saturated heterocycles. The third kappa shape index (κ3) is 6.09. The maximum Gasteiger partial charge on any atom is 0.136 e. The monoisotopic (exact) mass is 882 g/mol. The molecule has 14 rings (SSSR count). The van der Waals surface area contributed by atoms with Gasteiger partial charge in [-0.05, 0) is 135 Å². The fourth-order valence-electron chi connectivity index (χ4n) is 11.3. The Balaban J connectivity index is 0.956. The van der Waals surface area contributed by atoms with Gasteiger partial charge in [-0.1, -0.05) is 158 Å². The van der Waals surface area contributed by atoms with Gasteiger partial charge in [0.1, 0.15) is 22.7 Å². The van der Waals surface area contributed by atoms with Crippen LogP contribution in [0.4, 0.5) is 34.1 Å². The SMILES string of the molecule is c1ccc(N(c2ccccc2)c2cccc(N(c3cccc(-c4ccc5c(c4)oc4cc6ccccc6cc45)c3)c3ccc4c(c3)Oc3ccccc3C43c4ccccc4-c4ccccc43)c2)cc1. The van der Waals surface area contributed by atoms with Crippen molar-refractivity contribution < 1.29 is 9.15 Å². The van der Waals surface area contributed by atoms with Crippen LogP contribution in [0.2, 0.25) is 0 Å². The number of furan rings is 1. The van der Waals surface area contributed by atoms with Crippen molar-refractivity contribution in [3.63, 3.8) is 0 Å². The molecule has 4 nitrogen and oxygen atoms in total. The van der Waals surface area contributed by atoms with Crippen LogP contribution in [0.15, 0.2) is 259 Å². The summed E-state index contributed by atoms with van der Waals surface area (Å²) in [6, 6.07) is 91.4. The van der Waals surface area contributed by atoms with Gasteiger partial charge in [0.25, 0.3) is 0 Å². The molecule has 2 aliphatic rings. The van der Waals surface area contributed by atoms with Crippen molar-refractivity contribution in [2.24, 2.45) is 0 Å². The number of rotatable bonds is 7. The lowest BCUT2D eigenvalue weighted by atomic mass is 9.66. The van der Waals surface area contributed by atoms with Crippen LogP contribution in [0.5, 0.6) is 11.5 Å². The van der Waals surface area contributed by atoms with E-state index in [1.165, 1.54) is 33.0 Å². The van der Waals surface area contributed by atoms with Gasteiger partial charge in [-0.25, -0.2) is 0 Å². The molecule has 0 saturated carbocycles. The number of fused-ring (bicyclic) bond motifs is 13. The Hall–Kier alpha value is -9.12. The molecule has 2 heterocycles. The van der Waals surface area contributed by atoms with Gasteiger partial charge in [-0.2, -0.15) is 0 Å². The molecule has 0 atom stereocenters. The van der Waals surface area contributed by atoms with Crippen LogP contribution in [0.25, 0.3) is 55.0 Å². The maximum atomic E-state index is 7.07. The minimum Gasteiger partial charge on any atom is -0.457 e. The minimum absolute atomic E-state index is 0.561. The van der Waals surface area contributed by atoms with Crippen molar-refractivity contribution in [1.82, 2.24) is 0 Å². The first-order valence-electron chi connectivity index (χ1n) is 23.6. The van der Waals surface area contributed by atoms with E-state index < -0.39 is 5.41 Å². The van der Waals surface area contributed by atoms with Gasteiger partial charge in [-0.3, -0.25) is 0 Å². The summed E-state index contributed by atoms with van der Waals surface area (Å²) in [6.45, 7) is 0. The van der Waals surface area contributed by atoms with E-state index in [2.05, 4.69) is 265 Å². The second-order valence-corrected chi connectivity index (χ2v) is 18.0. The summed E-state index contributed by atoms with van der Waals surface area (Å²) in [5.41, 5.74) is 16.8. The van der Waals surface area contributed by atoms with Gasteiger partial charge < -0.3 is 19.0 Å². The summed E-state index contributed by atoms with van der Waals surface area (Å²) in [6.07, 6.45) is 0. The first-order valence-corrected chi connectivity index (χ1v) is 23.6. The van der Waals surface area contributed by atoms with Crippen LogP contribution >= 0.6 is 0 Å². The molecule has 4 heteroatoms.